The highest BCUT2D eigenvalue weighted by Crippen LogP contribution is 2.23. The van der Waals surface area contributed by atoms with Gasteiger partial charge in [-0.3, -0.25) is 4.79 Å². The summed E-state index contributed by atoms with van der Waals surface area (Å²) in [6.45, 7) is 2.74. The average molecular weight is 381 g/mol. The number of amides is 1. The number of unbranched alkanes of at least 4 members (excludes halogenated alkanes) is 2. The van der Waals surface area contributed by atoms with E-state index in [1.165, 1.54) is 12.1 Å². The van der Waals surface area contributed by atoms with Crippen molar-refractivity contribution in [2.45, 2.75) is 26.2 Å². The van der Waals surface area contributed by atoms with Gasteiger partial charge in [0.2, 0.25) is 0 Å². The average Bonchev–Trinajstić information content (AvgIpc) is 3.17. The third-order valence-corrected chi connectivity index (χ3v) is 4.46. The Balaban J connectivity index is 1.94. The first kappa shape index (κ1) is 19.6. The molecule has 0 aliphatic rings. The molecular weight excluding hydrogens is 357 g/mol. The second-order valence-electron chi connectivity index (χ2n) is 6.49. The van der Waals surface area contributed by atoms with Crippen LogP contribution in [0.25, 0.3) is 16.9 Å². The molecule has 28 heavy (non-hydrogen) atoms. The topological polar surface area (TPSA) is 56.2 Å². The number of aromatic nitrogens is 2. The predicted molar refractivity (Wildman–Crippen MR) is 107 cm³/mol. The van der Waals surface area contributed by atoms with Crippen molar-refractivity contribution >= 4 is 5.91 Å². The van der Waals surface area contributed by atoms with E-state index in [0.29, 0.717) is 17.9 Å². The van der Waals surface area contributed by atoms with Crippen LogP contribution in [0.15, 0.2) is 54.6 Å². The number of rotatable bonds is 8. The molecule has 1 aromatic heterocycles. The fourth-order valence-corrected chi connectivity index (χ4v) is 2.89. The Hall–Kier alpha value is -3.15. The maximum atomic E-state index is 13.3. The molecule has 0 bridgehead atoms. The Morgan fingerprint density at radius 3 is 2.46 bits per heavy atom. The van der Waals surface area contributed by atoms with E-state index in [0.717, 1.165) is 36.3 Å². The van der Waals surface area contributed by atoms with Gasteiger partial charge in [-0.2, -0.15) is 5.10 Å². The number of halogens is 1. The molecule has 0 fully saturated rings. The lowest BCUT2D eigenvalue weighted by atomic mass is 10.1. The first-order chi connectivity index (χ1) is 13.6. The molecule has 0 spiro atoms. The minimum Gasteiger partial charge on any atom is -0.497 e. The van der Waals surface area contributed by atoms with Crippen LogP contribution in [-0.4, -0.2) is 29.3 Å². The van der Waals surface area contributed by atoms with Gasteiger partial charge in [-0.15, -0.1) is 0 Å². The molecule has 0 saturated heterocycles. The van der Waals surface area contributed by atoms with Crippen molar-refractivity contribution in [3.63, 3.8) is 0 Å². The predicted octanol–water partition coefficient (Wildman–Crippen LogP) is 4.61. The molecule has 0 saturated carbocycles. The molecule has 1 N–H and O–H groups in total. The summed E-state index contributed by atoms with van der Waals surface area (Å²) in [6.07, 6.45) is 3.09. The van der Waals surface area contributed by atoms with Crippen LogP contribution in [-0.2, 0) is 0 Å². The van der Waals surface area contributed by atoms with Gasteiger partial charge in [0, 0.05) is 12.1 Å². The smallest absolute Gasteiger partial charge is 0.270 e. The maximum Gasteiger partial charge on any atom is 0.270 e. The van der Waals surface area contributed by atoms with Crippen LogP contribution < -0.4 is 10.1 Å². The molecule has 0 atom stereocenters. The second-order valence-corrected chi connectivity index (χ2v) is 6.49. The van der Waals surface area contributed by atoms with Gasteiger partial charge in [0.25, 0.3) is 5.91 Å². The molecule has 0 unspecified atom stereocenters. The lowest BCUT2D eigenvalue weighted by molar-refractivity contribution is 0.0945. The van der Waals surface area contributed by atoms with Gasteiger partial charge < -0.3 is 10.1 Å². The highest BCUT2D eigenvalue weighted by Gasteiger charge is 2.17. The normalized spacial score (nSPS) is 10.7. The van der Waals surface area contributed by atoms with E-state index in [1.54, 1.807) is 30.0 Å². The number of nitrogens with one attached hydrogen (secondary N) is 1. The van der Waals surface area contributed by atoms with Crippen LogP contribution in [0.3, 0.4) is 0 Å². The van der Waals surface area contributed by atoms with Gasteiger partial charge in [0.05, 0.1) is 18.5 Å². The van der Waals surface area contributed by atoms with Crippen LogP contribution in [0.2, 0.25) is 0 Å². The molecule has 5 nitrogen and oxygen atoms in total. The Kier molecular flexibility index (Phi) is 6.42. The zero-order valence-corrected chi connectivity index (χ0v) is 16.1. The van der Waals surface area contributed by atoms with E-state index in [9.17, 15) is 9.18 Å². The Morgan fingerprint density at radius 1 is 1.11 bits per heavy atom. The van der Waals surface area contributed by atoms with Crippen molar-refractivity contribution in [2.24, 2.45) is 0 Å². The zero-order valence-electron chi connectivity index (χ0n) is 16.1. The Bertz CT molecular complexity index is 918. The van der Waals surface area contributed by atoms with E-state index in [1.807, 2.05) is 24.3 Å². The van der Waals surface area contributed by atoms with Crippen molar-refractivity contribution in [2.75, 3.05) is 13.7 Å². The summed E-state index contributed by atoms with van der Waals surface area (Å²) in [5.41, 5.74) is 2.53. The number of carbonyl (C=O) groups is 1. The maximum absolute atomic E-state index is 13.3. The van der Waals surface area contributed by atoms with Crippen molar-refractivity contribution in [3.8, 4) is 22.7 Å². The van der Waals surface area contributed by atoms with Crippen LogP contribution in [0.1, 0.15) is 36.7 Å². The second kappa shape index (κ2) is 9.17. The molecule has 0 aliphatic heterocycles. The summed E-state index contributed by atoms with van der Waals surface area (Å²) in [6, 6.07) is 15.1. The van der Waals surface area contributed by atoms with Crippen molar-refractivity contribution in [3.05, 3.63) is 66.1 Å². The highest BCUT2D eigenvalue weighted by molar-refractivity contribution is 5.94. The Morgan fingerprint density at radius 2 is 1.82 bits per heavy atom. The van der Waals surface area contributed by atoms with E-state index < -0.39 is 0 Å². The summed E-state index contributed by atoms with van der Waals surface area (Å²) in [5.74, 6) is 0.222. The highest BCUT2D eigenvalue weighted by atomic mass is 19.1. The quantitative estimate of drug-likeness (QED) is 0.580. The third kappa shape index (κ3) is 4.57. The fraction of sp³-hybridized carbons (Fsp3) is 0.273. The molecule has 146 valence electrons. The summed E-state index contributed by atoms with van der Waals surface area (Å²) >= 11 is 0. The van der Waals surface area contributed by atoms with E-state index in [-0.39, 0.29) is 11.7 Å². The minimum atomic E-state index is -0.313. The summed E-state index contributed by atoms with van der Waals surface area (Å²) < 4.78 is 20.1. The van der Waals surface area contributed by atoms with Crippen molar-refractivity contribution in [1.82, 2.24) is 15.1 Å². The minimum absolute atomic E-state index is 0.187. The number of methoxy groups -OCH3 is 1. The molecule has 6 heteroatoms. The number of benzene rings is 2. The van der Waals surface area contributed by atoms with Crippen LogP contribution in [0.4, 0.5) is 4.39 Å². The third-order valence-electron chi connectivity index (χ3n) is 4.46. The number of hydrogen-bond acceptors (Lipinski definition) is 3. The Labute approximate surface area is 164 Å². The monoisotopic (exact) mass is 381 g/mol. The molecule has 1 heterocycles. The standard InChI is InChI=1S/C22H24FN3O2/c1-3-4-5-14-24-22(27)21-15-20(16-6-8-17(23)9-7-16)25-26(21)18-10-12-19(28-2)13-11-18/h6-13,15H,3-5,14H2,1-2H3,(H,24,27). The van der Waals surface area contributed by atoms with Gasteiger partial charge in [-0.25, -0.2) is 9.07 Å². The number of ether oxygens (including phenoxy) is 1. The van der Waals surface area contributed by atoms with Crippen molar-refractivity contribution in [1.29, 1.82) is 0 Å². The summed E-state index contributed by atoms with van der Waals surface area (Å²) in [4.78, 5) is 12.8. The first-order valence-electron chi connectivity index (χ1n) is 9.41. The van der Waals surface area contributed by atoms with E-state index in [4.69, 9.17) is 4.74 Å². The lowest BCUT2D eigenvalue weighted by Gasteiger charge is -2.09. The van der Waals surface area contributed by atoms with Crippen LogP contribution >= 0.6 is 0 Å². The molecule has 1 amide bonds. The first-order valence-corrected chi connectivity index (χ1v) is 9.41. The van der Waals surface area contributed by atoms with Gasteiger partial charge in [-0.05, 0) is 61.0 Å². The molecule has 0 radical (unpaired) electrons. The van der Waals surface area contributed by atoms with Gasteiger partial charge in [0.1, 0.15) is 17.3 Å². The van der Waals surface area contributed by atoms with Gasteiger partial charge in [0.15, 0.2) is 0 Å². The number of nitrogens with zero attached hydrogens (tertiary/aromatic N) is 2. The largest absolute Gasteiger partial charge is 0.497 e. The van der Waals surface area contributed by atoms with E-state index in [2.05, 4.69) is 17.3 Å². The SMILES string of the molecule is CCCCCNC(=O)c1cc(-c2ccc(F)cc2)nn1-c1ccc(OC)cc1. The number of hydrogen-bond donors (Lipinski definition) is 1. The fourth-order valence-electron chi connectivity index (χ4n) is 2.89. The van der Waals surface area contributed by atoms with Gasteiger partial charge >= 0.3 is 0 Å². The molecular formula is C22H24FN3O2. The van der Waals surface area contributed by atoms with Crippen LogP contribution in [0.5, 0.6) is 5.75 Å². The number of carbonyl (C=O) groups excluding carboxylic acids is 1. The van der Waals surface area contributed by atoms with Crippen molar-refractivity contribution < 1.29 is 13.9 Å². The molecule has 0 aliphatic carbocycles. The summed E-state index contributed by atoms with van der Waals surface area (Å²) in [5, 5.41) is 7.55. The summed E-state index contributed by atoms with van der Waals surface area (Å²) in [7, 11) is 1.60. The van der Waals surface area contributed by atoms with Gasteiger partial charge in [-0.1, -0.05) is 19.8 Å². The lowest BCUT2D eigenvalue weighted by Crippen LogP contribution is -2.26. The van der Waals surface area contributed by atoms with Crippen LogP contribution in [0, 0.1) is 5.82 Å². The van der Waals surface area contributed by atoms with E-state index >= 15 is 0 Å². The molecule has 2 aromatic carbocycles. The zero-order chi connectivity index (χ0) is 19.9. The molecule has 3 aromatic rings. The molecule has 3 rings (SSSR count).